The fourth-order valence-electron chi connectivity index (χ4n) is 4.92. The van der Waals surface area contributed by atoms with Crippen LogP contribution in [0.3, 0.4) is 0 Å². The van der Waals surface area contributed by atoms with Gasteiger partial charge in [-0.25, -0.2) is 0 Å². The van der Waals surface area contributed by atoms with Crippen molar-refractivity contribution in [1.29, 1.82) is 0 Å². The molecule has 84 valence electrons. The molecular formula is C15H24. The van der Waals surface area contributed by atoms with E-state index in [1.807, 2.05) is 0 Å². The molecule has 5 atom stereocenters. The van der Waals surface area contributed by atoms with Gasteiger partial charge in [-0.05, 0) is 61.2 Å². The van der Waals surface area contributed by atoms with Crippen LogP contribution in [0.5, 0.6) is 0 Å². The maximum absolute atomic E-state index is 4.35. The van der Waals surface area contributed by atoms with Gasteiger partial charge in [0.1, 0.15) is 0 Å². The van der Waals surface area contributed by atoms with Crippen LogP contribution in [0.4, 0.5) is 0 Å². The van der Waals surface area contributed by atoms with Gasteiger partial charge in [-0.2, -0.15) is 0 Å². The highest BCUT2D eigenvalue weighted by atomic mass is 14.6. The second kappa shape index (κ2) is 3.12. The molecule has 15 heavy (non-hydrogen) atoms. The third-order valence-electron chi connectivity index (χ3n) is 5.90. The lowest BCUT2D eigenvalue weighted by molar-refractivity contribution is 0.130. The SMILES string of the molecule is C=C1CC2(C)CCC1CC1C(C)CCC12. The molecule has 0 spiro atoms. The number of hydrogen-bond donors (Lipinski definition) is 0. The molecule has 0 nitrogen and oxygen atoms in total. The van der Waals surface area contributed by atoms with Crippen molar-refractivity contribution in [2.75, 3.05) is 0 Å². The minimum Gasteiger partial charge on any atom is -0.0996 e. The number of hydrogen-bond acceptors (Lipinski definition) is 0. The molecule has 4 fully saturated rings. The molecule has 0 aromatic rings. The Morgan fingerprint density at radius 1 is 1.27 bits per heavy atom. The molecule has 0 aromatic carbocycles. The Hall–Kier alpha value is -0.260. The first kappa shape index (κ1) is 9.93. The van der Waals surface area contributed by atoms with Crippen molar-refractivity contribution in [3.63, 3.8) is 0 Å². The molecule has 0 aliphatic heterocycles. The van der Waals surface area contributed by atoms with E-state index in [1.54, 1.807) is 5.57 Å². The van der Waals surface area contributed by atoms with E-state index in [2.05, 4.69) is 20.4 Å². The number of allylic oxidation sites excluding steroid dienone is 1. The van der Waals surface area contributed by atoms with E-state index in [9.17, 15) is 0 Å². The summed E-state index contributed by atoms with van der Waals surface area (Å²) >= 11 is 0. The minimum atomic E-state index is 0.625. The van der Waals surface area contributed by atoms with E-state index < -0.39 is 0 Å². The maximum Gasteiger partial charge on any atom is -0.0203 e. The van der Waals surface area contributed by atoms with Crippen molar-refractivity contribution >= 4 is 0 Å². The maximum atomic E-state index is 4.35. The highest BCUT2D eigenvalue weighted by Gasteiger charge is 2.50. The van der Waals surface area contributed by atoms with Crippen LogP contribution in [-0.2, 0) is 0 Å². The van der Waals surface area contributed by atoms with Gasteiger partial charge < -0.3 is 0 Å². The predicted octanol–water partition coefficient (Wildman–Crippen LogP) is 4.42. The van der Waals surface area contributed by atoms with Crippen LogP contribution in [0.25, 0.3) is 0 Å². The van der Waals surface area contributed by atoms with Crippen molar-refractivity contribution < 1.29 is 0 Å². The summed E-state index contributed by atoms with van der Waals surface area (Å²) in [5.41, 5.74) is 2.21. The van der Waals surface area contributed by atoms with Crippen LogP contribution in [-0.4, -0.2) is 0 Å². The summed E-state index contributed by atoms with van der Waals surface area (Å²) in [7, 11) is 0. The first-order valence-corrected chi connectivity index (χ1v) is 6.78. The van der Waals surface area contributed by atoms with Crippen molar-refractivity contribution in [1.82, 2.24) is 0 Å². The van der Waals surface area contributed by atoms with Gasteiger partial charge in [0.05, 0.1) is 0 Å². The van der Waals surface area contributed by atoms with E-state index >= 15 is 0 Å². The average molecular weight is 204 g/mol. The molecule has 4 rings (SSSR count). The Bertz CT molecular complexity index is 290. The fraction of sp³-hybridized carbons (Fsp3) is 0.867. The molecule has 4 aliphatic carbocycles. The Balaban J connectivity index is 1.98. The first-order chi connectivity index (χ1) is 7.10. The monoisotopic (exact) mass is 204 g/mol. The molecule has 0 N–H and O–H groups in total. The second-order valence-electron chi connectivity index (χ2n) is 6.79. The summed E-state index contributed by atoms with van der Waals surface area (Å²) < 4.78 is 0. The molecule has 0 aromatic heterocycles. The Morgan fingerprint density at radius 2 is 2.07 bits per heavy atom. The van der Waals surface area contributed by atoms with Crippen molar-refractivity contribution in [2.45, 2.75) is 52.4 Å². The van der Waals surface area contributed by atoms with E-state index in [-0.39, 0.29) is 0 Å². The lowest BCUT2D eigenvalue weighted by Gasteiger charge is -2.40. The Kier molecular flexibility index (Phi) is 2.06. The third-order valence-corrected chi connectivity index (χ3v) is 5.90. The largest absolute Gasteiger partial charge is 0.0996 e. The summed E-state index contributed by atoms with van der Waals surface area (Å²) in [6.07, 6.45) is 8.72. The zero-order valence-electron chi connectivity index (χ0n) is 10.3. The zero-order chi connectivity index (χ0) is 10.6. The molecular weight excluding hydrogens is 180 g/mol. The molecule has 0 amide bonds. The van der Waals surface area contributed by atoms with Crippen LogP contribution < -0.4 is 0 Å². The predicted molar refractivity (Wildman–Crippen MR) is 64.6 cm³/mol. The lowest BCUT2D eigenvalue weighted by atomic mass is 9.65. The lowest BCUT2D eigenvalue weighted by Crippen LogP contribution is -2.30. The Labute approximate surface area is 94.1 Å². The van der Waals surface area contributed by atoms with Gasteiger partial charge in [-0.15, -0.1) is 0 Å². The highest BCUT2D eigenvalue weighted by molar-refractivity contribution is 5.15. The molecule has 0 radical (unpaired) electrons. The smallest absolute Gasteiger partial charge is 0.0203 e. The van der Waals surface area contributed by atoms with E-state index in [0.717, 1.165) is 23.7 Å². The van der Waals surface area contributed by atoms with E-state index in [0.29, 0.717) is 5.41 Å². The molecule has 4 aliphatic rings. The van der Waals surface area contributed by atoms with Crippen LogP contribution in [0.15, 0.2) is 12.2 Å². The molecule has 2 bridgehead atoms. The summed E-state index contributed by atoms with van der Waals surface area (Å²) in [4.78, 5) is 0. The van der Waals surface area contributed by atoms with Gasteiger partial charge in [-0.1, -0.05) is 32.4 Å². The molecule has 0 heterocycles. The molecule has 0 heteroatoms. The summed E-state index contributed by atoms with van der Waals surface area (Å²) in [6.45, 7) is 9.39. The zero-order valence-corrected chi connectivity index (χ0v) is 10.3. The van der Waals surface area contributed by atoms with Crippen molar-refractivity contribution in [2.24, 2.45) is 29.1 Å². The minimum absolute atomic E-state index is 0.625. The topological polar surface area (TPSA) is 0 Å². The van der Waals surface area contributed by atoms with Gasteiger partial charge in [0.2, 0.25) is 0 Å². The number of rotatable bonds is 0. The molecule has 0 saturated heterocycles. The fourth-order valence-corrected chi connectivity index (χ4v) is 4.92. The van der Waals surface area contributed by atoms with Crippen LogP contribution in [0.2, 0.25) is 0 Å². The molecule has 5 unspecified atom stereocenters. The second-order valence-corrected chi connectivity index (χ2v) is 6.79. The highest BCUT2D eigenvalue weighted by Crippen LogP contribution is 2.60. The van der Waals surface area contributed by atoms with Crippen molar-refractivity contribution in [3.05, 3.63) is 12.2 Å². The number of fused-ring (bicyclic) bond motifs is 2. The normalized spacial score (nSPS) is 54.1. The van der Waals surface area contributed by atoms with Gasteiger partial charge in [0.25, 0.3) is 0 Å². The average Bonchev–Trinajstić information content (AvgIpc) is 2.41. The van der Waals surface area contributed by atoms with Gasteiger partial charge in [0.15, 0.2) is 0 Å². The van der Waals surface area contributed by atoms with Gasteiger partial charge >= 0.3 is 0 Å². The van der Waals surface area contributed by atoms with Crippen LogP contribution in [0.1, 0.15) is 52.4 Å². The standard InChI is InChI=1S/C15H24/c1-10-4-5-14-13(10)8-12-6-7-15(14,3)9-11(12)2/h10,12-14H,2,4-9H2,1,3H3. The summed E-state index contributed by atoms with van der Waals surface area (Å²) in [5, 5.41) is 0. The van der Waals surface area contributed by atoms with Gasteiger partial charge in [0, 0.05) is 0 Å². The van der Waals surface area contributed by atoms with Crippen LogP contribution >= 0.6 is 0 Å². The first-order valence-electron chi connectivity index (χ1n) is 6.78. The summed E-state index contributed by atoms with van der Waals surface area (Å²) in [6, 6.07) is 0. The van der Waals surface area contributed by atoms with E-state index in [1.165, 1.54) is 38.5 Å². The summed E-state index contributed by atoms with van der Waals surface area (Å²) in [5.74, 6) is 3.92. The molecule has 4 saturated carbocycles. The Morgan fingerprint density at radius 3 is 2.80 bits per heavy atom. The third kappa shape index (κ3) is 1.33. The quantitative estimate of drug-likeness (QED) is 0.513. The van der Waals surface area contributed by atoms with Crippen molar-refractivity contribution in [3.8, 4) is 0 Å². The van der Waals surface area contributed by atoms with Gasteiger partial charge in [-0.3, -0.25) is 0 Å². The van der Waals surface area contributed by atoms with Crippen LogP contribution in [0, 0.1) is 29.1 Å². The van der Waals surface area contributed by atoms with E-state index in [4.69, 9.17) is 0 Å².